The number of amides is 2. The van der Waals surface area contributed by atoms with Crippen LogP contribution in [0.25, 0.3) is 0 Å². The number of ether oxygens (including phenoxy) is 1. The SMILES string of the molecule is C/C(=C\C=C(/C)C(=O)N1CCC[C@H]1OC(=O)O)C(=O)N1CCC[C@@H]1C(=O)O. The summed E-state index contributed by atoms with van der Waals surface area (Å²) in [5.41, 5.74) is 0.661. The van der Waals surface area contributed by atoms with Gasteiger partial charge in [-0.15, -0.1) is 0 Å². The molecule has 9 heteroatoms. The van der Waals surface area contributed by atoms with Gasteiger partial charge in [-0.2, -0.15) is 0 Å². The van der Waals surface area contributed by atoms with E-state index in [0.717, 1.165) is 0 Å². The van der Waals surface area contributed by atoms with Gasteiger partial charge >= 0.3 is 12.1 Å². The highest BCUT2D eigenvalue weighted by atomic mass is 16.7. The van der Waals surface area contributed by atoms with Gasteiger partial charge in [-0.3, -0.25) is 9.59 Å². The van der Waals surface area contributed by atoms with Crippen LogP contribution >= 0.6 is 0 Å². The lowest BCUT2D eigenvalue weighted by molar-refractivity contribution is -0.146. The summed E-state index contributed by atoms with van der Waals surface area (Å²) in [6.07, 6.45) is 2.91. The lowest BCUT2D eigenvalue weighted by Gasteiger charge is -2.23. The van der Waals surface area contributed by atoms with Crippen molar-refractivity contribution in [3.8, 4) is 0 Å². The van der Waals surface area contributed by atoms with E-state index in [1.807, 2.05) is 0 Å². The number of rotatable bonds is 5. The largest absolute Gasteiger partial charge is 0.507 e. The van der Waals surface area contributed by atoms with E-state index in [1.54, 1.807) is 13.8 Å². The third-order valence-electron chi connectivity index (χ3n) is 4.75. The van der Waals surface area contributed by atoms with Crippen LogP contribution in [0.3, 0.4) is 0 Å². The van der Waals surface area contributed by atoms with Gasteiger partial charge in [0.1, 0.15) is 6.04 Å². The minimum Gasteiger partial charge on any atom is -0.480 e. The number of aliphatic carboxylic acids is 1. The Kier molecular flexibility index (Phi) is 6.59. The topological polar surface area (TPSA) is 124 Å². The average Bonchev–Trinajstić information content (AvgIpc) is 3.26. The second-order valence-electron chi connectivity index (χ2n) is 6.67. The maximum Gasteiger partial charge on any atom is 0.507 e. The molecule has 0 spiro atoms. The lowest BCUT2D eigenvalue weighted by atomic mass is 10.1. The van der Waals surface area contributed by atoms with E-state index < -0.39 is 24.4 Å². The van der Waals surface area contributed by atoms with Crippen molar-refractivity contribution in [2.75, 3.05) is 13.1 Å². The number of hydrogen-bond donors (Lipinski definition) is 2. The Morgan fingerprint density at radius 2 is 1.41 bits per heavy atom. The van der Waals surface area contributed by atoms with Crippen LogP contribution in [0.1, 0.15) is 39.5 Å². The Balaban J connectivity index is 2.06. The second kappa shape index (κ2) is 8.70. The van der Waals surface area contributed by atoms with E-state index in [4.69, 9.17) is 9.84 Å². The van der Waals surface area contributed by atoms with E-state index in [1.165, 1.54) is 22.0 Å². The van der Waals surface area contributed by atoms with Gasteiger partial charge in [0, 0.05) is 30.7 Å². The maximum absolute atomic E-state index is 12.5. The molecule has 0 aliphatic carbocycles. The minimum atomic E-state index is -1.43. The Labute approximate surface area is 156 Å². The van der Waals surface area contributed by atoms with Gasteiger partial charge in [-0.1, -0.05) is 12.2 Å². The quantitative estimate of drug-likeness (QED) is 0.422. The molecule has 9 nitrogen and oxygen atoms in total. The number of hydrogen-bond acceptors (Lipinski definition) is 5. The predicted octanol–water partition coefficient (Wildman–Crippen LogP) is 1.60. The van der Waals surface area contributed by atoms with Crippen LogP contribution in [0.15, 0.2) is 23.3 Å². The molecule has 0 aromatic heterocycles. The summed E-state index contributed by atoms with van der Waals surface area (Å²) in [4.78, 5) is 49.6. The molecule has 2 amide bonds. The molecule has 0 aromatic rings. The van der Waals surface area contributed by atoms with Gasteiger partial charge in [0.15, 0.2) is 6.23 Å². The normalized spacial score (nSPS) is 23.5. The predicted molar refractivity (Wildman–Crippen MR) is 93.7 cm³/mol. The Morgan fingerprint density at radius 1 is 0.889 bits per heavy atom. The van der Waals surface area contributed by atoms with Crippen LogP contribution in [0.2, 0.25) is 0 Å². The number of nitrogens with zero attached hydrogens (tertiary/aromatic N) is 2. The minimum absolute atomic E-state index is 0.329. The van der Waals surface area contributed by atoms with Gasteiger partial charge in [-0.05, 0) is 33.1 Å². The van der Waals surface area contributed by atoms with Gasteiger partial charge in [0.2, 0.25) is 5.91 Å². The van der Waals surface area contributed by atoms with Gasteiger partial charge in [-0.25, -0.2) is 9.59 Å². The van der Waals surface area contributed by atoms with Gasteiger partial charge < -0.3 is 24.7 Å². The van der Waals surface area contributed by atoms with Crippen molar-refractivity contribution >= 4 is 23.9 Å². The zero-order valence-corrected chi connectivity index (χ0v) is 15.4. The molecule has 2 N–H and O–H groups in total. The van der Waals surface area contributed by atoms with Crippen molar-refractivity contribution in [2.45, 2.75) is 51.8 Å². The van der Waals surface area contributed by atoms with Crippen molar-refractivity contribution in [3.05, 3.63) is 23.3 Å². The number of carbonyl (C=O) groups excluding carboxylic acids is 2. The summed E-state index contributed by atoms with van der Waals surface area (Å²) in [5.74, 6) is -1.75. The fourth-order valence-corrected chi connectivity index (χ4v) is 3.32. The first kappa shape index (κ1) is 20.5. The van der Waals surface area contributed by atoms with Gasteiger partial charge in [0.25, 0.3) is 5.91 Å². The fraction of sp³-hybridized carbons (Fsp3) is 0.556. The maximum atomic E-state index is 12.5. The summed E-state index contributed by atoms with van der Waals surface area (Å²) in [6.45, 7) is 3.94. The molecule has 0 aromatic carbocycles. The molecule has 2 saturated heterocycles. The molecule has 2 aliphatic rings. The third-order valence-corrected chi connectivity index (χ3v) is 4.75. The fourth-order valence-electron chi connectivity index (χ4n) is 3.32. The second-order valence-corrected chi connectivity index (χ2v) is 6.67. The van der Waals surface area contributed by atoms with E-state index >= 15 is 0 Å². The van der Waals surface area contributed by atoms with E-state index in [2.05, 4.69) is 0 Å². The first-order valence-electron chi connectivity index (χ1n) is 8.82. The molecule has 2 atom stereocenters. The van der Waals surface area contributed by atoms with Crippen LogP contribution in [-0.4, -0.2) is 69.3 Å². The van der Waals surface area contributed by atoms with Crippen LogP contribution in [-0.2, 0) is 19.1 Å². The molecule has 2 rings (SSSR count). The van der Waals surface area contributed by atoms with Crippen molar-refractivity contribution in [1.29, 1.82) is 0 Å². The summed E-state index contributed by atoms with van der Waals surface area (Å²) in [5, 5.41) is 17.9. The highest BCUT2D eigenvalue weighted by Crippen LogP contribution is 2.22. The van der Waals surface area contributed by atoms with Crippen LogP contribution in [0.4, 0.5) is 4.79 Å². The number of allylic oxidation sites excluding steroid dienone is 2. The van der Waals surface area contributed by atoms with Crippen molar-refractivity contribution in [1.82, 2.24) is 9.80 Å². The average molecular weight is 380 g/mol. The Hall–Kier alpha value is -2.84. The Morgan fingerprint density at radius 3 is 1.96 bits per heavy atom. The summed E-state index contributed by atoms with van der Waals surface area (Å²) in [7, 11) is 0. The van der Waals surface area contributed by atoms with Crippen LogP contribution in [0.5, 0.6) is 0 Å². The lowest BCUT2D eigenvalue weighted by Crippen LogP contribution is -2.40. The molecule has 2 fully saturated rings. The third kappa shape index (κ3) is 4.87. The molecular formula is C18H24N2O7. The Bertz CT molecular complexity index is 698. The first-order chi connectivity index (χ1) is 12.7. The molecule has 0 bridgehead atoms. The highest BCUT2D eigenvalue weighted by Gasteiger charge is 2.34. The first-order valence-corrected chi connectivity index (χ1v) is 8.82. The number of carboxylic acid groups (broad SMARTS) is 2. The summed E-state index contributed by atoms with van der Waals surface area (Å²) < 4.78 is 4.72. The molecule has 0 unspecified atom stereocenters. The van der Waals surface area contributed by atoms with E-state index in [-0.39, 0.29) is 11.8 Å². The van der Waals surface area contributed by atoms with Gasteiger partial charge in [0.05, 0.1) is 0 Å². The van der Waals surface area contributed by atoms with E-state index in [0.29, 0.717) is 49.9 Å². The van der Waals surface area contributed by atoms with Crippen molar-refractivity contribution < 1.29 is 34.1 Å². The molecule has 0 radical (unpaired) electrons. The zero-order chi connectivity index (χ0) is 20.1. The monoisotopic (exact) mass is 380 g/mol. The standard InChI is InChI=1S/C18H24N2O7/c1-11(15(21)19-9-3-5-13(19)17(23)24)7-8-12(2)16(22)20-10-4-6-14(20)27-18(25)26/h7-8,13-14H,3-6,9-10H2,1-2H3,(H,23,24)(H,25,26)/b11-7+,12-8+/t13-,14-/m1/s1. The zero-order valence-electron chi connectivity index (χ0n) is 15.4. The van der Waals surface area contributed by atoms with Crippen molar-refractivity contribution in [2.24, 2.45) is 0 Å². The number of carboxylic acids is 1. The van der Waals surface area contributed by atoms with Crippen LogP contribution < -0.4 is 0 Å². The summed E-state index contributed by atoms with van der Waals surface area (Å²) in [6, 6.07) is -0.814. The molecule has 0 saturated carbocycles. The van der Waals surface area contributed by atoms with Crippen LogP contribution in [0, 0.1) is 0 Å². The van der Waals surface area contributed by atoms with Crippen molar-refractivity contribution in [3.63, 3.8) is 0 Å². The molecule has 2 aliphatic heterocycles. The number of carbonyl (C=O) groups is 4. The van der Waals surface area contributed by atoms with E-state index in [9.17, 15) is 24.3 Å². The number of likely N-dealkylation sites (tertiary alicyclic amines) is 2. The summed E-state index contributed by atoms with van der Waals surface area (Å²) >= 11 is 0. The smallest absolute Gasteiger partial charge is 0.480 e. The molecule has 148 valence electrons. The molecular weight excluding hydrogens is 356 g/mol. The molecule has 27 heavy (non-hydrogen) atoms. The molecule has 2 heterocycles. The highest BCUT2D eigenvalue weighted by molar-refractivity contribution is 5.97.